The Bertz CT molecular complexity index is 99.7. The summed E-state index contributed by atoms with van der Waals surface area (Å²) in [7, 11) is 0.994. The lowest BCUT2D eigenvalue weighted by Crippen LogP contribution is -1.80. The van der Waals surface area contributed by atoms with Crippen LogP contribution in [0.25, 0.3) is 0 Å². The molecule has 0 fully saturated rings. The van der Waals surface area contributed by atoms with E-state index in [2.05, 4.69) is 27.0 Å². The molecule has 0 aromatic heterocycles. The fourth-order valence-corrected chi connectivity index (χ4v) is 1.47. The second kappa shape index (κ2) is 4.76. The van der Waals surface area contributed by atoms with Crippen LogP contribution in [0.5, 0.6) is 0 Å². The Balaban J connectivity index is 3.10. The molecular formula is C8H15P. The number of hydrogen-bond acceptors (Lipinski definition) is 0. The highest BCUT2D eigenvalue weighted by atomic mass is 31.1. The normalized spacial score (nSPS) is 9.11. The summed E-state index contributed by atoms with van der Waals surface area (Å²) in [6.07, 6.45) is 2.35. The fraction of sp³-hybridized carbons (Fsp3) is 0.500. The molecule has 0 heterocycles. The van der Waals surface area contributed by atoms with Gasteiger partial charge in [0.1, 0.15) is 0 Å². The largest absolute Gasteiger partial charge is 0.114 e. The highest BCUT2D eigenvalue weighted by Gasteiger charge is 1.87. The average molecular weight is 142 g/mol. The van der Waals surface area contributed by atoms with Gasteiger partial charge in [-0.05, 0) is 26.2 Å². The van der Waals surface area contributed by atoms with Crippen LogP contribution in [0.4, 0.5) is 0 Å². The van der Waals surface area contributed by atoms with Crippen molar-refractivity contribution in [2.45, 2.75) is 13.8 Å². The predicted octanol–water partition coefficient (Wildman–Crippen LogP) is 2.82. The molecule has 1 heteroatoms. The van der Waals surface area contributed by atoms with Crippen LogP contribution >= 0.6 is 8.58 Å². The number of rotatable bonds is 4. The molecule has 0 unspecified atom stereocenters. The first-order chi connectivity index (χ1) is 4.13. The van der Waals surface area contributed by atoms with Gasteiger partial charge in [0.05, 0.1) is 0 Å². The predicted molar refractivity (Wildman–Crippen MR) is 47.7 cm³/mol. The highest BCUT2D eigenvalue weighted by molar-refractivity contribution is 7.38. The lowest BCUT2D eigenvalue weighted by Gasteiger charge is -1.98. The summed E-state index contributed by atoms with van der Waals surface area (Å²) >= 11 is 0. The van der Waals surface area contributed by atoms with Crippen molar-refractivity contribution in [1.29, 1.82) is 0 Å². The Morgan fingerprint density at radius 1 is 1.11 bits per heavy atom. The van der Waals surface area contributed by atoms with E-state index in [4.69, 9.17) is 0 Å². The summed E-state index contributed by atoms with van der Waals surface area (Å²) in [5, 5.41) is 0. The number of hydrogen-bond donors (Lipinski definition) is 0. The van der Waals surface area contributed by atoms with Gasteiger partial charge in [0.15, 0.2) is 0 Å². The molecule has 0 aromatic carbocycles. The molecule has 0 spiro atoms. The van der Waals surface area contributed by atoms with Crippen molar-refractivity contribution in [2.75, 3.05) is 12.3 Å². The maximum Gasteiger partial charge on any atom is -0.0145 e. The van der Waals surface area contributed by atoms with Crippen LogP contribution in [0.15, 0.2) is 24.3 Å². The van der Waals surface area contributed by atoms with Crippen molar-refractivity contribution in [1.82, 2.24) is 0 Å². The molecule has 0 rings (SSSR count). The molecule has 0 aliphatic carbocycles. The first-order valence-electron chi connectivity index (χ1n) is 3.12. The molecule has 0 saturated heterocycles. The molecule has 52 valence electrons. The van der Waals surface area contributed by atoms with Crippen molar-refractivity contribution in [3.05, 3.63) is 24.3 Å². The Kier molecular flexibility index (Phi) is 4.71. The van der Waals surface area contributed by atoms with Crippen LogP contribution in [0.1, 0.15) is 13.8 Å². The molecule has 0 aliphatic rings. The van der Waals surface area contributed by atoms with Crippen LogP contribution in [-0.4, -0.2) is 12.3 Å². The second-order valence-electron chi connectivity index (χ2n) is 2.52. The van der Waals surface area contributed by atoms with Crippen molar-refractivity contribution < 1.29 is 0 Å². The highest BCUT2D eigenvalue weighted by Crippen LogP contribution is 2.15. The zero-order chi connectivity index (χ0) is 7.28. The Morgan fingerprint density at radius 2 is 1.44 bits per heavy atom. The van der Waals surface area contributed by atoms with Gasteiger partial charge < -0.3 is 0 Å². The quantitative estimate of drug-likeness (QED) is 0.418. The molecule has 0 bridgehead atoms. The van der Waals surface area contributed by atoms with Gasteiger partial charge in [-0.25, -0.2) is 0 Å². The van der Waals surface area contributed by atoms with E-state index < -0.39 is 0 Å². The van der Waals surface area contributed by atoms with E-state index in [-0.39, 0.29) is 0 Å². The molecular weight excluding hydrogens is 127 g/mol. The third-order valence-corrected chi connectivity index (χ3v) is 2.56. The third-order valence-electron chi connectivity index (χ3n) is 0.854. The smallest absolute Gasteiger partial charge is 0.0145 e. The fourth-order valence-electron chi connectivity index (χ4n) is 0.489. The van der Waals surface area contributed by atoms with E-state index in [0.29, 0.717) is 0 Å². The minimum absolute atomic E-state index is 0.994. The molecule has 9 heavy (non-hydrogen) atoms. The van der Waals surface area contributed by atoms with Gasteiger partial charge >= 0.3 is 0 Å². The Labute approximate surface area is 59.8 Å². The standard InChI is InChI=1S/C8H15P/c1-7(2)5-9-6-8(3)4/h9H,1,3,5-6H2,2,4H3. The SMILES string of the molecule is C=C(C)CPCC(=C)C. The zero-order valence-corrected chi connectivity index (χ0v) is 7.33. The minimum atomic E-state index is 0.994. The first kappa shape index (κ1) is 8.91. The first-order valence-corrected chi connectivity index (χ1v) is 4.54. The minimum Gasteiger partial charge on any atom is -0.114 e. The van der Waals surface area contributed by atoms with Crippen LogP contribution in [0, 0.1) is 0 Å². The van der Waals surface area contributed by atoms with Crippen LogP contribution < -0.4 is 0 Å². The summed E-state index contributed by atoms with van der Waals surface area (Å²) < 4.78 is 0. The topological polar surface area (TPSA) is 0 Å². The summed E-state index contributed by atoms with van der Waals surface area (Å²) in [6.45, 7) is 11.8. The molecule has 0 atom stereocenters. The van der Waals surface area contributed by atoms with E-state index in [1.165, 1.54) is 23.5 Å². The lowest BCUT2D eigenvalue weighted by molar-refractivity contribution is 1.39. The maximum atomic E-state index is 3.83. The maximum absolute atomic E-state index is 3.83. The zero-order valence-electron chi connectivity index (χ0n) is 6.33. The molecule has 0 nitrogen and oxygen atoms in total. The molecule has 0 amide bonds. The van der Waals surface area contributed by atoms with Gasteiger partial charge in [-0.15, -0.1) is 8.58 Å². The van der Waals surface area contributed by atoms with Crippen LogP contribution in [0.3, 0.4) is 0 Å². The molecule has 0 radical (unpaired) electrons. The van der Waals surface area contributed by atoms with Gasteiger partial charge in [0.2, 0.25) is 0 Å². The van der Waals surface area contributed by atoms with Gasteiger partial charge in [0.25, 0.3) is 0 Å². The van der Waals surface area contributed by atoms with Crippen molar-refractivity contribution >= 4 is 8.58 Å². The van der Waals surface area contributed by atoms with Gasteiger partial charge in [-0.3, -0.25) is 0 Å². The van der Waals surface area contributed by atoms with Gasteiger partial charge in [0, 0.05) is 0 Å². The van der Waals surface area contributed by atoms with E-state index >= 15 is 0 Å². The number of allylic oxidation sites excluding steroid dienone is 2. The van der Waals surface area contributed by atoms with E-state index in [1.54, 1.807) is 0 Å². The van der Waals surface area contributed by atoms with Crippen molar-refractivity contribution in [3.8, 4) is 0 Å². The Hall–Kier alpha value is -0.0900. The van der Waals surface area contributed by atoms with Crippen molar-refractivity contribution in [2.24, 2.45) is 0 Å². The summed E-state index contributed by atoms with van der Waals surface area (Å²) in [6, 6.07) is 0. The summed E-state index contributed by atoms with van der Waals surface area (Å²) in [5.74, 6) is 0. The average Bonchev–Trinajstić information content (AvgIpc) is 1.63. The van der Waals surface area contributed by atoms with Crippen LogP contribution in [-0.2, 0) is 0 Å². The van der Waals surface area contributed by atoms with Gasteiger partial charge in [-0.1, -0.05) is 24.3 Å². The lowest BCUT2D eigenvalue weighted by atomic mass is 10.4. The third kappa shape index (κ3) is 7.91. The molecule has 0 aliphatic heterocycles. The summed E-state index contributed by atoms with van der Waals surface area (Å²) in [5.41, 5.74) is 2.57. The molecule has 0 N–H and O–H groups in total. The van der Waals surface area contributed by atoms with Crippen molar-refractivity contribution in [3.63, 3.8) is 0 Å². The van der Waals surface area contributed by atoms with E-state index in [9.17, 15) is 0 Å². The summed E-state index contributed by atoms with van der Waals surface area (Å²) in [4.78, 5) is 0. The van der Waals surface area contributed by atoms with E-state index in [0.717, 1.165) is 8.58 Å². The Morgan fingerprint density at radius 3 is 1.67 bits per heavy atom. The van der Waals surface area contributed by atoms with Crippen LogP contribution in [0.2, 0.25) is 0 Å². The van der Waals surface area contributed by atoms with E-state index in [1.807, 2.05) is 0 Å². The molecule has 0 aromatic rings. The second-order valence-corrected chi connectivity index (χ2v) is 3.72. The monoisotopic (exact) mass is 142 g/mol. The molecule has 0 saturated carbocycles. The van der Waals surface area contributed by atoms with Gasteiger partial charge in [-0.2, -0.15) is 0 Å².